The van der Waals surface area contributed by atoms with Crippen LogP contribution < -0.4 is 5.32 Å². The van der Waals surface area contributed by atoms with Crippen LogP contribution in [-0.4, -0.2) is 28.3 Å². The third-order valence-corrected chi connectivity index (χ3v) is 8.05. The Morgan fingerprint density at radius 3 is 2.19 bits per heavy atom. The van der Waals surface area contributed by atoms with Gasteiger partial charge in [-0.15, -0.1) is 0 Å². The second-order valence-electron chi connectivity index (χ2n) is 11.5. The highest BCUT2D eigenvalue weighted by Gasteiger charge is 2.20. The third-order valence-electron chi connectivity index (χ3n) is 7.57. The van der Waals surface area contributed by atoms with Gasteiger partial charge in [-0.05, 0) is 87.5 Å². The Hall–Kier alpha value is -2.16. The lowest BCUT2D eigenvalue weighted by Crippen LogP contribution is -2.39. The zero-order chi connectivity index (χ0) is 30.3. The van der Waals surface area contributed by atoms with Gasteiger partial charge < -0.3 is 15.1 Å². The van der Waals surface area contributed by atoms with Crippen LogP contribution in [0.25, 0.3) is 0 Å². The number of hydrogen-bond acceptors (Lipinski definition) is 3. The molecule has 0 bridgehead atoms. The second kappa shape index (κ2) is 22.4. The molecule has 7 heteroatoms. The Balaban J connectivity index is 1.65. The predicted molar refractivity (Wildman–Crippen MR) is 173 cm³/mol. The van der Waals surface area contributed by atoms with E-state index in [0.29, 0.717) is 12.8 Å². The van der Waals surface area contributed by atoms with Gasteiger partial charge in [0.1, 0.15) is 0 Å². The van der Waals surface area contributed by atoms with Crippen molar-refractivity contribution in [1.82, 2.24) is 5.32 Å². The van der Waals surface area contributed by atoms with Gasteiger partial charge >= 0.3 is 7.82 Å². The molecule has 6 nitrogen and oxygen atoms in total. The smallest absolute Gasteiger partial charge is 0.351 e. The van der Waals surface area contributed by atoms with E-state index in [2.05, 4.69) is 42.3 Å². The van der Waals surface area contributed by atoms with Crippen molar-refractivity contribution in [3.8, 4) is 11.8 Å². The molecule has 1 aliphatic rings. The molecule has 1 aromatic carbocycles. The first-order chi connectivity index (χ1) is 20.4. The van der Waals surface area contributed by atoms with E-state index < -0.39 is 13.9 Å². The first-order valence-electron chi connectivity index (χ1n) is 16.3. The number of carbonyl (C=O) groups excluding carboxylic acids is 1. The zero-order valence-corrected chi connectivity index (χ0v) is 26.7. The molecule has 0 aromatic heterocycles. The largest absolute Gasteiger partial charge is 0.469 e. The van der Waals surface area contributed by atoms with Crippen molar-refractivity contribution < 1.29 is 23.7 Å². The number of phosphoric ester groups is 1. The zero-order valence-electron chi connectivity index (χ0n) is 25.8. The van der Waals surface area contributed by atoms with Gasteiger partial charge in [-0.1, -0.05) is 100 Å². The molecule has 0 radical (unpaired) electrons. The Morgan fingerprint density at radius 1 is 0.929 bits per heavy atom. The maximum Gasteiger partial charge on any atom is 0.469 e. The number of benzene rings is 1. The lowest BCUT2D eigenvalue weighted by molar-refractivity contribution is -0.122. The van der Waals surface area contributed by atoms with Gasteiger partial charge in [0, 0.05) is 12.0 Å². The van der Waals surface area contributed by atoms with Crippen LogP contribution in [0.3, 0.4) is 0 Å². The summed E-state index contributed by atoms with van der Waals surface area (Å²) in [6.45, 7) is 2.00. The van der Waals surface area contributed by atoms with Crippen LogP contribution in [-0.2, 0) is 20.3 Å². The van der Waals surface area contributed by atoms with Crippen molar-refractivity contribution in [2.45, 2.75) is 135 Å². The first kappa shape index (κ1) is 36.0. The van der Waals surface area contributed by atoms with Gasteiger partial charge in [0.25, 0.3) is 0 Å². The standard InChI is InChI=1S/C35H54NO5P/c1-2-3-4-5-6-7-8-9-10-11-12-13-14-15-19-22-35(37)36-34(30-41-42(38,39)40)29-33-27-25-32(26-28-33)24-23-31-20-17-16-18-21-31/h9-10,20,25-28,34H,2-8,11-19,21-22,29-30H2,1H3,(H,36,37)(H2,38,39,40)/t34-/m1/s1. The molecule has 1 aromatic rings. The van der Waals surface area contributed by atoms with E-state index >= 15 is 0 Å². The molecule has 0 saturated heterocycles. The van der Waals surface area contributed by atoms with Gasteiger partial charge in [-0.25, -0.2) is 4.57 Å². The van der Waals surface area contributed by atoms with Crippen LogP contribution in [0.2, 0.25) is 0 Å². The van der Waals surface area contributed by atoms with Crippen molar-refractivity contribution in [2.24, 2.45) is 0 Å². The average molecular weight is 600 g/mol. The number of carbonyl (C=O) groups is 1. The molecule has 42 heavy (non-hydrogen) atoms. The fourth-order valence-corrected chi connectivity index (χ4v) is 5.48. The van der Waals surface area contributed by atoms with Crippen LogP contribution in [0.4, 0.5) is 0 Å². The van der Waals surface area contributed by atoms with Crippen LogP contribution in [0.1, 0.15) is 134 Å². The normalized spacial score (nSPS) is 14.3. The highest BCUT2D eigenvalue weighted by atomic mass is 31.2. The first-order valence-corrected chi connectivity index (χ1v) is 17.8. The molecule has 0 saturated carbocycles. The van der Waals surface area contributed by atoms with Crippen molar-refractivity contribution in [2.75, 3.05) is 6.61 Å². The molecule has 3 N–H and O–H groups in total. The van der Waals surface area contributed by atoms with E-state index in [1.807, 2.05) is 24.3 Å². The number of nitrogens with one attached hydrogen (secondary N) is 1. The number of amides is 1. The monoisotopic (exact) mass is 599 g/mol. The highest BCUT2D eigenvalue weighted by molar-refractivity contribution is 7.46. The molecule has 0 unspecified atom stereocenters. The fraction of sp³-hybridized carbons (Fsp3) is 0.629. The Labute approximate surface area is 255 Å². The summed E-state index contributed by atoms with van der Waals surface area (Å²) < 4.78 is 16.0. The lowest BCUT2D eigenvalue weighted by Gasteiger charge is -2.19. The summed E-state index contributed by atoms with van der Waals surface area (Å²) in [7, 11) is -4.63. The third kappa shape index (κ3) is 19.1. The molecule has 0 aliphatic heterocycles. The summed E-state index contributed by atoms with van der Waals surface area (Å²) in [5.41, 5.74) is 3.06. The number of phosphoric acid groups is 1. The summed E-state index contributed by atoms with van der Waals surface area (Å²) in [5, 5.41) is 2.92. The molecule has 234 valence electrons. The van der Waals surface area contributed by atoms with Crippen LogP contribution in [0.5, 0.6) is 0 Å². The summed E-state index contributed by atoms with van der Waals surface area (Å²) in [5.74, 6) is 6.36. The summed E-state index contributed by atoms with van der Waals surface area (Å²) in [6, 6.07) is 7.25. The molecule has 1 aliphatic carbocycles. The van der Waals surface area contributed by atoms with E-state index in [0.717, 1.165) is 49.7 Å². The number of rotatable bonds is 21. The summed E-state index contributed by atoms with van der Waals surface area (Å²) in [6.07, 6.45) is 27.9. The Bertz CT molecular complexity index is 1050. The van der Waals surface area contributed by atoms with Gasteiger partial charge in [0.05, 0.1) is 12.6 Å². The molecular formula is C35H54NO5P. The van der Waals surface area contributed by atoms with Gasteiger partial charge in [-0.3, -0.25) is 9.32 Å². The van der Waals surface area contributed by atoms with E-state index in [1.165, 1.54) is 76.2 Å². The van der Waals surface area contributed by atoms with E-state index in [-0.39, 0.29) is 12.5 Å². The maximum absolute atomic E-state index is 12.6. The molecule has 1 amide bonds. The lowest BCUT2D eigenvalue weighted by atomic mass is 9.99. The number of allylic oxidation sites excluding steroid dienone is 4. The summed E-state index contributed by atoms with van der Waals surface area (Å²) >= 11 is 0. The molecule has 1 atom stereocenters. The predicted octanol–water partition coefficient (Wildman–Crippen LogP) is 8.71. The topological polar surface area (TPSA) is 95.9 Å². The fourth-order valence-electron chi connectivity index (χ4n) is 5.11. The van der Waals surface area contributed by atoms with Gasteiger partial charge in [0.15, 0.2) is 0 Å². The quantitative estimate of drug-likeness (QED) is 0.0568. The minimum Gasteiger partial charge on any atom is -0.351 e. The van der Waals surface area contributed by atoms with Crippen LogP contribution in [0, 0.1) is 11.8 Å². The molecule has 0 heterocycles. The van der Waals surface area contributed by atoms with Gasteiger partial charge in [-0.2, -0.15) is 0 Å². The number of unbranched alkanes of at least 4 members (excludes halogenated alkanes) is 11. The summed E-state index contributed by atoms with van der Waals surface area (Å²) in [4.78, 5) is 30.9. The van der Waals surface area contributed by atoms with Crippen LogP contribution >= 0.6 is 7.82 Å². The molecular weight excluding hydrogens is 545 g/mol. The van der Waals surface area contributed by atoms with E-state index in [4.69, 9.17) is 4.52 Å². The molecule has 0 fully saturated rings. The van der Waals surface area contributed by atoms with Crippen molar-refractivity contribution >= 4 is 13.7 Å². The minimum absolute atomic E-state index is 0.116. The average Bonchev–Trinajstić information content (AvgIpc) is 2.97. The molecule has 2 rings (SSSR count). The molecule has 0 spiro atoms. The highest BCUT2D eigenvalue weighted by Crippen LogP contribution is 2.35. The van der Waals surface area contributed by atoms with Crippen molar-refractivity contribution in [3.05, 3.63) is 59.2 Å². The SMILES string of the molecule is CCCCCCCCC=CCCCCCCCC(=O)N[C@@H](COP(=O)(O)O)Cc1ccc(C#CC2=CCCCC2)cc1. The van der Waals surface area contributed by atoms with Crippen molar-refractivity contribution in [3.63, 3.8) is 0 Å². The Morgan fingerprint density at radius 2 is 1.57 bits per heavy atom. The van der Waals surface area contributed by atoms with Gasteiger partial charge in [0.2, 0.25) is 5.91 Å². The number of hydrogen-bond donors (Lipinski definition) is 3. The maximum atomic E-state index is 12.6. The van der Waals surface area contributed by atoms with E-state index in [1.54, 1.807) is 0 Å². The van der Waals surface area contributed by atoms with E-state index in [9.17, 15) is 19.1 Å². The van der Waals surface area contributed by atoms with Crippen LogP contribution in [0.15, 0.2) is 48.1 Å². The minimum atomic E-state index is -4.63. The Kier molecular flexibility index (Phi) is 19.2. The van der Waals surface area contributed by atoms with Crippen molar-refractivity contribution in [1.29, 1.82) is 0 Å². The second-order valence-corrected chi connectivity index (χ2v) is 12.8.